The molecule has 3 rings (SSSR count). The number of nitrogens with zero attached hydrogens (tertiary/aromatic N) is 1. The summed E-state index contributed by atoms with van der Waals surface area (Å²) >= 11 is 0. The number of primary amides is 1. The van der Waals surface area contributed by atoms with Crippen molar-refractivity contribution in [1.82, 2.24) is 4.98 Å². The van der Waals surface area contributed by atoms with Gasteiger partial charge in [0.05, 0.1) is 38.8 Å². The molecule has 9 nitrogen and oxygen atoms in total. The Hall–Kier alpha value is -4.27. The molecule has 0 spiro atoms. The number of nitrogens with one attached hydrogen (secondary N) is 1. The van der Waals surface area contributed by atoms with Crippen LogP contribution in [0.2, 0.25) is 0 Å². The molecule has 0 unspecified atom stereocenters. The molecule has 1 heterocycles. The van der Waals surface area contributed by atoms with E-state index in [0.717, 1.165) is 0 Å². The Bertz CT molecular complexity index is 1100. The van der Waals surface area contributed by atoms with E-state index in [1.54, 1.807) is 36.4 Å². The molecule has 3 N–H and O–H groups in total. The van der Waals surface area contributed by atoms with E-state index >= 15 is 0 Å². The molecule has 0 fully saturated rings. The molecular weight excluding hydrogens is 402 g/mol. The summed E-state index contributed by atoms with van der Waals surface area (Å²) in [5.41, 5.74) is 6.31. The van der Waals surface area contributed by atoms with Crippen LogP contribution in [0.4, 0.5) is 5.69 Å². The highest BCUT2D eigenvalue weighted by Crippen LogP contribution is 2.35. The van der Waals surface area contributed by atoms with Crippen LogP contribution in [0.15, 0.2) is 54.7 Å². The Balaban J connectivity index is 1.75. The number of nitrogens with two attached hydrogens (primary N) is 1. The number of hydrogen-bond acceptors (Lipinski definition) is 7. The molecule has 2 amide bonds. The maximum Gasteiger partial charge on any atom is 0.259 e. The van der Waals surface area contributed by atoms with E-state index in [1.807, 2.05) is 0 Å². The van der Waals surface area contributed by atoms with Gasteiger partial charge >= 0.3 is 0 Å². The predicted octanol–water partition coefficient (Wildman–Crippen LogP) is 3.25. The summed E-state index contributed by atoms with van der Waals surface area (Å²) in [6.45, 7) is 0. The Morgan fingerprint density at radius 2 is 1.61 bits per heavy atom. The smallest absolute Gasteiger partial charge is 0.259 e. The minimum atomic E-state index is -0.554. The first-order valence-corrected chi connectivity index (χ1v) is 9.10. The van der Waals surface area contributed by atoms with Crippen molar-refractivity contribution in [2.75, 3.05) is 26.6 Å². The van der Waals surface area contributed by atoms with Gasteiger partial charge in [-0.2, -0.15) is 0 Å². The van der Waals surface area contributed by atoms with Gasteiger partial charge in [0, 0.05) is 23.8 Å². The number of amides is 2. The van der Waals surface area contributed by atoms with Crippen molar-refractivity contribution in [2.45, 2.75) is 0 Å². The Labute approximate surface area is 178 Å². The standard InChI is InChI=1S/C22H21N3O6/c1-28-17-11-19(30-3)18(29-2)10-16(17)22(27)25-14-7-8-20(24-12-14)31-15-6-4-5-13(9-15)21(23)26/h4-12H,1-3H3,(H2,23,26)(H,25,27). The fourth-order valence-electron chi connectivity index (χ4n) is 2.75. The van der Waals surface area contributed by atoms with Crippen molar-refractivity contribution in [3.05, 3.63) is 65.9 Å². The average Bonchev–Trinajstić information content (AvgIpc) is 2.79. The van der Waals surface area contributed by atoms with Crippen LogP contribution in [0, 0.1) is 0 Å². The van der Waals surface area contributed by atoms with Crippen LogP contribution in [-0.4, -0.2) is 38.1 Å². The van der Waals surface area contributed by atoms with Gasteiger partial charge in [0.1, 0.15) is 11.5 Å². The number of methoxy groups -OCH3 is 3. The molecule has 3 aromatic rings. The number of benzene rings is 2. The lowest BCUT2D eigenvalue weighted by Gasteiger charge is -2.14. The fourth-order valence-corrected chi connectivity index (χ4v) is 2.75. The third kappa shape index (κ3) is 5.02. The lowest BCUT2D eigenvalue weighted by atomic mass is 10.1. The van der Waals surface area contributed by atoms with E-state index < -0.39 is 11.8 Å². The van der Waals surface area contributed by atoms with Gasteiger partial charge < -0.3 is 30.0 Å². The number of carbonyl (C=O) groups excluding carboxylic acids is 2. The van der Waals surface area contributed by atoms with Gasteiger partial charge in [0.15, 0.2) is 11.5 Å². The normalized spacial score (nSPS) is 10.2. The molecule has 1 aromatic heterocycles. The highest BCUT2D eigenvalue weighted by molar-refractivity contribution is 6.06. The summed E-state index contributed by atoms with van der Waals surface area (Å²) < 4.78 is 21.4. The SMILES string of the molecule is COc1cc(OC)c(C(=O)Nc2ccc(Oc3cccc(C(N)=O)c3)nc2)cc1OC. The van der Waals surface area contributed by atoms with Crippen molar-refractivity contribution >= 4 is 17.5 Å². The fraction of sp³-hybridized carbons (Fsp3) is 0.136. The Morgan fingerprint density at radius 3 is 2.23 bits per heavy atom. The summed E-state index contributed by atoms with van der Waals surface area (Å²) in [6.07, 6.45) is 1.44. The summed E-state index contributed by atoms with van der Waals surface area (Å²) in [6, 6.07) is 12.7. The van der Waals surface area contributed by atoms with Gasteiger partial charge in [0.2, 0.25) is 11.8 Å². The first kappa shape index (κ1) is 21.4. The summed E-state index contributed by atoms with van der Waals surface area (Å²) in [5.74, 6) is 0.897. The lowest BCUT2D eigenvalue weighted by molar-refractivity contribution is 0.0997. The van der Waals surface area contributed by atoms with Crippen LogP contribution in [0.3, 0.4) is 0 Å². The predicted molar refractivity (Wildman–Crippen MR) is 113 cm³/mol. The molecule has 0 bridgehead atoms. The number of anilines is 1. The minimum Gasteiger partial charge on any atom is -0.496 e. The second-order valence-electron chi connectivity index (χ2n) is 6.24. The minimum absolute atomic E-state index is 0.267. The van der Waals surface area contributed by atoms with Crippen LogP contribution < -0.4 is 30.0 Å². The van der Waals surface area contributed by atoms with E-state index in [1.165, 1.54) is 39.7 Å². The Morgan fingerprint density at radius 1 is 0.903 bits per heavy atom. The van der Waals surface area contributed by atoms with E-state index in [-0.39, 0.29) is 11.4 Å². The number of carbonyl (C=O) groups is 2. The van der Waals surface area contributed by atoms with Crippen molar-refractivity contribution in [3.63, 3.8) is 0 Å². The Kier molecular flexibility index (Phi) is 6.56. The molecular formula is C22H21N3O6. The van der Waals surface area contributed by atoms with Crippen molar-refractivity contribution in [2.24, 2.45) is 5.73 Å². The van der Waals surface area contributed by atoms with Gasteiger partial charge in [0.25, 0.3) is 5.91 Å². The van der Waals surface area contributed by atoms with E-state index in [9.17, 15) is 9.59 Å². The molecule has 0 saturated heterocycles. The molecule has 2 aromatic carbocycles. The van der Waals surface area contributed by atoms with Crippen LogP contribution in [0.25, 0.3) is 0 Å². The van der Waals surface area contributed by atoms with Crippen LogP contribution in [0.5, 0.6) is 28.9 Å². The van der Waals surface area contributed by atoms with Crippen molar-refractivity contribution in [1.29, 1.82) is 0 Å². The van der Waals surface area contributed by atoms with Crippen molar-refractivity contribution in [3.8, 4) is 28.9 Å². The summed E-state index contributed by atoms with van der Waals surface area (Å²) in [4.78, 5) is 28.2. The van der Waals surface area contributed by atoms with Gasteiger partial charge in [-0.15, -0.1) is 0 Å². The zero-order valence-corrected chi connectivity index (χ0v) is 17.2. The monoisotopic (exact) mass is 423 g/mol. The van der Waals surface area contributed by atoms with Crippen LogP contribution >= 0.6 is 0 Å². The zero-order valence-electron chi connectivity index (χ0n) is 17.2. The van der Waals surface area contributed by atoms with Gasteiger partial charge in [-0.3, -0.25) is 9.59 Å². The molecule has 0 aliphatic heterocycles. The molecule has 0 aliphatic rings. The summed E-state index contributed by atoms with van der Waals surface area (Å²) in [5, 5.41) is 2.74. The van der Waals surface area contributed by atoms with E-state index in [4.69, 9.17) is 24.7 Å². The lowest BCUT2D eigenvalue weighted by Crippen LogP contribution is -2.14. The molecule has 0 atom stereocenters. The molecule has 0 radical (unpaired) electrons. The molecule has 0 aliphatic carbocycles. The van der Waals surface area contributed by atoms with Gasteiger partial charge in [-0.1, -0.05) is 6.07 Å². The second kappa shape index (κ2) is 9.49. The quantitative estimate of drug-likeness (QED) is 0.570. The number of rotatable bonds is 8. The molecule has 160 valence electrons. The largest absolute Gasteiger partial charge is 0.496 e. The van der Waals surface area contributed by atoms with Gasteiger partial charge in [-0.05, 0) is 24.3 Å². The highest BCUT2D eigenvalue weighted by Gasteiger charge is 2.18. The number of aromatic nitrogens is 1. The summed E-state index contributed by atoms with van der Waals surface area (Å²) in [7, 11) is 4.43. The average molecular weight is 423 g/mol. The maximum absolute atomic E-state index is 12.7. The van der Waals surface area contributed by atoms with Crippen LogP contribution in [0.1, 0.15) is 20.7 Å². The third-order valence-electron chi connectivity index (χ3n) is 4.29. The number of hydrogen-bond donors (Lipinski definition) is 2. The van der Waals surface area contributed by atoms with Gasteiger partial charge in [-0.25, -0.2) is 4.98 Å². The zero-order chi connectivity index (χ0) is 22.4. The highest BCUT2D eigenvalue weighted by atomic mass is 16.5. The first-order valence-electron chi connectivity index (χ1n) is 9.10. The topological polar surface area (TPSA) is 122 Å². The molecule has 9 heteroatoms. The van der Waals surface area contributed by atoms with E-state index in [2.05, 4.69) is 10.3 Å². The molecule has 31 heavy (non-hydrogen) atoms. The van der Waals surface area contributed by atoms with Crippen LogP contribution in [-0.2, 0) is 0 Å². The van der Waals surface area contributed by atoms with Crippen molar-refractivity contribution < 1.29 is 28.5 Å². The first-order chi connectivity index (χ1) is 14.9. The van der Waals surface area contributed by atoms with E-state index in [0.29, 0.717) is 34.2 Å². The third-order valence-corrected chi connectivity index (χ3v) is 4.29. The molecule has 0 saturated carbocycles. The maximum atomic E-state index is 12.7. The number of ether oxygens (including phenoxy) is 4. The number of pyridine rings is 1. The second-order valence-corrected chi connectivity index (χ2v) is 6.24.